The van der Waals surface area contributed by atoms with E-state index in [4.69, 9.17) is 16.0 Å². The Kier molecular flexibility index (Phi) is 6.89. The SMILES string of the molecule is CC(C)C[C@H](NC(=O)Nc1cccc(Cl)c1)C(=O)NCc1ccco1. The molecule has 0 saturated heterocycles. The van der Waals surface area contributed by atoms with Crippen LogP contribution in [0.3, 0.4) is 0 Å². The van der Waals surface area contributed by atoms with Crippen LogP contribution in [0.1, 0.15) is 26.0 Å². The molecule has 3 N–H and O–H groups in total. The third kappa shape index (κ3) is 6.51. The van der Waals surface area contributed by atoms with Gasteiger partial charge in [0.2, 0.25) is 5.91 Å². The van der Waals surface area contributed by atoms with Crippen molar-refractivity contribution in [3.8, 4) is 0 Å². The first kappa shape index (κ1) is 18.9. The Balaban J connectivity index is 1.93. The third-order valence-corrected chi connectivity index (χ3v) is 3.66. The fourth-order valence-electron chi connectivity index (χ4n) is 2.31. The zero-order valence-corrected chi connectivity index (χ0v) is 15.0. The molecule has 25 heavy (non-hydrogen) atoms. The number of anilines is 1. The fourth-order valence-corrected chi connectivity index (χ4v) is 2.50. The van der Waals surface area contributed by atoms with E-state index in [9.17, 15) is 9.59 Å². The van der Waals surface area contributed by atoms with E-state index in [-0.39, 0.29) is 18.4 Å². The number of carbonyl (C=O) groups is 2. The second kappa shape index (κ2) is 9.13. The third-order valence-electron chi connectivity index (χ3n) is 3.43. The molecule has 0 aliphatic carbocycles. The Hall–Kier alpha value is -2.47. The molecule has 0 unspecified atom stereocenters. The molecule has 0 fully saturated rings. The molecule has 0 aliphatic rings. The molecular weight excluding hydrogens is 342 g/mol. The summed E-state index contributed by atoms with van der Waals surface area (Å²) >= 11 is 5.90. The highest BCUT2D eigenvalue weighted by Gasteiger charge is 2.22. The first-order valence-corrected chi connectivity index (χ1v) is 8.45. The molecule has 0 radical (unpaired) electrons. The Morgan fingerprint density at radius 1 is 1.20 bits per heavy atom. The predicted molar refractivity (Wildman–Crippen MR) is 97.4 cm³/mol. The van der Waals surface area contributed by atoms with Gasteiger partial charge >= 0.3 is 6.03 Å². The van der Waals surface area contributed by atoms with Crippen molar-refractivity contribution in [2.75, 3.05) is 5.32 Å². The van der Waals surface area contributed by atoms with Crippen LogP contribution >= 0.6 is 11.6 Å². The van der Waals surface area contributed by atoms with E-state index in [1.165, 1.54) is 0 Å². The van der Waals surface area contributed by atoms with Gasteiger partial charge in [-0.2, -0.15) is 0 Å². The minimum absolute atomic E-state index is 0.242. The monoisotopic (exact) mass is 363 g/mol. The number of hydrogen-bond donors (Lipinski definition) is 3. The van der Waals surface area contributed by atoms with Crippen LogP contribution in [0.4, 0.5) is 10.5 Å². The molecule has 134 valence electrons. The van der Waals surface area contributed by atoms with E-state index in [0.29, 0.717) is 22.9 Å². The van der Waals surface area contributed by atoms with Crippen molar-refractivity contribution in [2.24, 2.45) is 5.92 Å². The lowest BCUT2D eigenvalue weighted by atomic mass is 10.0. The Labute approximate surface area is 151 Å². The normalized spacial score (nSPS) is 11.8. The Bertz CT molecular complexity index is 701. The van der Waals surface area contributed by atoms with E-state index < -0.39 is 12.1 Å². The van der Waals surface area contributed by atoms with Crippen LogP contribution in [0.15, 0.2) is 47.1 Å². The van der Waals surface area contributed by atoms with Gasteiger partial charge in [-0.15, -0.1) is 0 Å². The van der Waals surface area contributed by atoms with Crippen molar-refractivity contribution in [3.63, 3.8) is 0 Å². The average Bonchev–Trinajstić information content (AvgIpc) is 3.05. The molecule has 0 spiro atoms. The Morgan fingerprint density at radius 3 is 2.64 bits per heavy atom. The summed E-state index contributed by atoms with van der Waals surface area (Å²) < 4.78 is 5.19. The molecule has 1 aromatic carbocycles. The molecule has 1 aromatic heterocycles. The van der Waals surface area contributed by atoms with Crippen LogP contribution < -0.4 is 16.0 Å². The summed E-state index contributed by atoms with van der Waals surface area (Å²) in [5.74, 6) is 0.636. The van der Waals surface area contributed by atoms with Crippen LogP contribution in [0.5, 0.6) is 0 Å². The quantitative estimate of drug-likeness (QED) is 0.699. The van der Waals surface area contributed by atoms with Gasteiger partial charge in [0, 0.05) is 10.7 Å². The van der Waals surface area contributed by atoms with Crippen molar-refractivity contribution in [1.82, 2.24) is 10.6 Å². The van der Waals surface area contributed by atoms with Gasteiger partial charge in [0.05, 0.1) is 12.8 Å². The number of benzene rings is 1. The van der Waals surface area contributed by atoms with Gasteiger partial charge in [0.1, 0.15) is 11.8 Å². The van der Waals surface area contributed by atoms with Crippen LogP contribution in [0.2, 0.25) is 5.02 Å². The van der Waals surface area contributed by atoms with Crippen LogP contribution in [0, 0.1) is 5.92 Å². The fraction of sp³-hybridized carbons (Fsp3) is 0.333. The second-order valence-electron chi connectivity index (χ2n) is 6.09. The molecule has 2 rings (SSSR count). The van der Waals surface area contributed by atoms with Gasteiger partial charge in [0.15, 0.2) is 0 Å². The van der Waals surface area contributed by atoms with E-state index >= 15 is 0 Å². The zero-order valence-electron chi connectivity index (χ0n) is 14.2. The molecular formula is C18H22ClN3O3. The average molecular weight is 364 g/mol. The van der Waals surface area contributed by atoms with Crippen molar-refractivity contribution in [2.45, 2.75) is 32.9 Å². The highest BCUT2D eigenvalue weighted by molar-refractivity contribution is 6.30. The van der Waals surface area contributed by atoms with E-state index in [1.54, 1.807) is 42.7 Å². The van der Waals surface area contributed by atoms with Crippen molar-refractivity contribution in [3.05, 3.63) is 53.4 Å². The molecule has 0 bridgehead atoms. The number of nitrogens with one attached hydrogen (secondary N) is 3. The lowest BCUT2D eigenvalue weighted by Crippen LogP contribution is -2.48. The highest BCUT2D eigenvalue weighted by atomic mass is 35.5. The largest absolute Gasteiger partial charge is 0.467 e. The second-order valence-corrected chi connectivity index (χ2v) is 6.52. The number of furan rings is 1. The standard InChI is InChI=1S/C18H22ClN3O3/c1-12(2)9-16(17(23)20-11-15-7-4-8-25-15)22-18(24)21-14-6-3-5-13(19)10-14/h3-8,10,12,16H,9,11H2,1-2H3,(H,20,23)(H2,21,22,24)/t16-/m0/s1. The first-order chi connectivity index (χ1) is 11.9. The summed E-state index contributed by atoms with van der Waals surface area (Å²) in [5.41, 5.74) is 0.560. The molecule has 6 nitrogen and oxygen atoms in total. The minimum Gasteiger partial charge on any atom is -0.467 e. The number of halogens is 1. The van der Waals surface area contributed by atoms with Crippen LogP contribution in [-0.2, 0) is 11.3 Å². The molecule has 2 aromatic rings. The van der Waals surface area contributed by atoms with Crippen molar-refractivity contribution < 1.29 is 14.0 Å². The van der Waals surface area contributed by atoms with E-state index in [2.05, 4.69) is 16.0 Å². The maximum Gasteiger partial charge on any atom is 0.319 e. The predicted octanol–water partition coefficient (Wildman–Crippen LogP) is 3.79. The molecule has 1 atom stereocenters. The lowest BCUT2D eigenvalue weighted by Gasteiger charge is -2.20. The number of amides is 3. The maximum absolute atomic E-state index is 12.4. The lowest BCUT2D eigenvalue weighted by molar-refractivity contribution is -0.123. The molecule has 3 amide bonds. The van der Waals surface area contributed by atoms with Gasteiger partial charge in [0.25, 0.3) is 0 Å². The summed E-state index contributed by atoms with van der Waals surface area (Å²) in [6.07, 6.45) is 2.07. The van der Waals surface area contributed by atoms with Gasteiger partial charge in [-0.3, -0.25) is 4.79 Å². The van der Waals surface area contributed by atoms with E-state index in [0.717, 1.165) is 0 Å². The van der Waals surface area contributed by atoms with Crippen LogP contribution in [0.25, 0.3) is 0 Å². The summed E-state index contributed by atoms with van der Waals surface area (Å²) in [5, 5.41) is 8.68. The number of rotatable bonds is 7. The number of urea groups is 1. The van der Waals surface area contributed by atoms with Gasteiger partial charge in [-0.05, 0) is 42.7 Å². The molecule has 1 heterocycles. The van der Waals surface area contributed by atoms with Gasteiger partial charge < -0.3 is 20.4 Å². The van der Waals surface area contributed by atoms with Crippen molar-refractivity contribution >= 4 is 29.2 Å². The summed E-state index contributed by atoms with van der Waals surface area (Å²) in [6.45, 7) is 4.25. The first-order valence-electron chi connectivity index (χ1n) is 8.07. The maximum atomic E-state index is 12.4. The molecule has 0 saturated carbocycles. The summed E-state index contributed by atoms with van der Waals surface area (Å²) in [6, 6.07) is 9.24. The van der Waals surface area contributed by atoms with Gasteiger partial charge in [-0.1, -0.05) is 31.5 Å². The number of carbonyl (C=O) groups excluding carboxylic acids is 2. The van der Waals surface area contributed by atoms with Crippen molar-refractivity contribution in [1.29, 1.82) is 0 Å². The zero-order chi connectivity index (χ0) is 18.2. The van der Waals surface area contributed by atoms with Gasteiger partial charge in [-0.25, -0.2) is 4.79 Å². The molecule has 7 heteroatoms. The minimum atomic E-state index is -0.644. The Morgan fingerprint density at radius 2 is 2.00 bits per heavy atom. The van der Waals surface area contributed by atoms with Crippen LogP contribution in [-0.4, -0.2) is 18.0 Å². The number of hydrogen-bond acceptors (Lipinski definition) is 3. The summed E-state index contributed by atoms with van der Waals surface area (Å²) in [4.78, 5) is 24.6. The topological polar surface area (TPSA) is 83.4 Å². The smallest absolute Gasteiger partial charge is 0.319 e. The summed E-state index contributed by atoms with van der Waals surface area (Å²) in [7, 11) is 0. The van der Waals surface area contributed by atoms with E-state index in [1.807, 2.05) is 13.8 Å². The molecule has 0 aliphatic heterocycles. The highest BCUT2D eigenvalue weighted by Crippen LogP contribution is 2.15.